The Hall–Kier alpha value is -1.75. The minimum atomic E-state index is 0.260. The summed E-state index contributed by atoms with van der Waals surface area (Å²) < 4.78 is 0. The van der Waals surface area contributed by atoms with Crippen molar-refractivity contribution in [2.24, 2.45) is 29.6 Å². The minimum Gasteiger partial charge on any atom is -0.345 e. The summed E-state index contributed by atoms with van der Waals surface area (Å²) in [4.78, 5) is 12.6. The average molecular weight is 293 g/mol. The molecule has 0 atom stereocenters. The Morgan fingerprint density at radius 2 is 1.64 bits per heavy atom. The molecule has 0 heterocycles. The van der Waals surface area contributed by atoms with Crippen LogP contribution in [0.25, 0.3) is 0 Å². The van der Waals surface area contributed by atoms with E-state index < -0.39 is 0 Å². The fraction of sp³-hybridized carbons (Fsp3) is 0.550. The van der Waals surface area contributed by atoms with Crippen LogP contribution < -0.4 is 5.32 Å². The molecule has 0 saturated heterocycles. The number of nitrogens with one attached hydrogen (secondary N) is 1. The molecule has 4 aliphatic rings. The molecule has 0 aromatic heterocycles. The standard InChI is InChI=1S/C20H23NO/c22-20(21-8-4-7-14-5-2-1-3-6-14)19-17-10-15-9-16(12-17)13-18(19)11-15/h1-3,5-6,15-19H,8-13H2,(H,21,22). The van der Waals surface area contributed by atoms with E-state index >= 15 is 0 Å². The van der Waals surface area contributed by atoms with Crippen molar-refractivity contribution in [1.82, 2.24) is 5.32 Å². The maximum absolute atomic E-state index is 12.6. The summed E-state index contributed by atoms with van der Waals surface area (Å²) in [5, 5.41) is 3.07. The number of amides is 1. The first-order valence-electron chi connectivity index (χ1n) is 8.61. The Labute approximate surface area is 132 Å². The molecule has 114 valence electrons. The van der Waals surface area contributed by atoms with Gasteiger partial charge in [0.1, 0.15) is 0 Å². The molecule has 5 rings (SSSR count). The summed E-state index contributed by atoms with van der Waals surface area (Å²) >= 11 is 0. The summed E-state index contributed by atoms with van der Waals surface area (Å²) in [6.07, 6.45) is 6.60. The molecule has 4 aliphatic carbocycles. The molecule has 2 heteroatoms. The molecule has 1 aromatic carbocycles. The van der Waals surface area contributed by atoms with Crippen molar-refractivity contribution in [2.45, 2.75) is 32.1 Å². The van der Waals surface area contributed by atoms with Crippen LogP contribution in [0.2, 0.25) is 0 Å². The van der Waals surface area contributed by atoms with Crippen LogP contribution >= 0.6 is 0 Å². The fourth-order valence-electron chi connectivity index (χ4n) is 5.27. The quantitative estimate of drug-likeness (QED) is 0.833. The average Bonchev–Trinajstić information content (AvgIpc) is 2.51. The molecule has 0 radical (unpaired) electrons. The number of hydrogen-bond acceptors (Lipinski definition) is 1. The molecule has 0 aliphatic heterocycles. The van der Waals surface area contributed by atoms with E-state index in [0.717, 1.165) is 17.4 Å². The highest BCUT2D eigenvalue weighted by molar-refractivity contribution is 5.80. The topological polar surface area (TPSA) is 29.1 Å². The summed E-state index contributed by atoms with van der Waals surface area (Å²) in [5.74, 6) is 9.85. The predicted molar refractivity (Wildman–Crippen MR) is 86.9 cm³/mol. The lowest BCUT2D eigenvalue weighted by atomic mass is 9.51. The Balaban J connectivity index is 1.34. The zero-order chi connectivity index (χ0) is 14.9. The zero-order valence-corrected chi connectivity index (χ0v) is 12.9. The van der Waals surface area contributed by atoms with Crippen molar-refractivity contribution in [3.8, 4) is 11.8 Å². The van der Waals surface area contributed by atoms with Gasteiger partial charge in [-0.2, -0.15) is 0 Å². The van der Waals surface area contributed by atoms with Gasteiger partial charge in [0.25, 0.3) is 0 Å². The molecule has 4 bridgehead atoms. The SMILES string of the molecule is O=C(NCC#Cc1ccccc1)C1C2CC3CC(C2)CC1C3. The van der Waals surface area contributed by atoms with Gasteiger partial charge >= 0.3 is 0 Å². The normalized spacial score (nSPS) is 34.8. The number of benzene rings is 1. The molecule has 2 nitrogen and oxygen atoms in total. The summed E-state index contributed by atoms with van der Waals surface area (Å²) in [6.45, 7) is 0.469. The summed E-state index contributed by atoms with van der Waals surface area (Å²) in [6, 6.07) is 9.94. The highest BCUT2D eigenvalue weighted by atomic mass is 16.1. The number of rotatable bonds is 2. The summed E-state index contributed by atoms with van der Waals surface area (Å²) in [5.41, 5.74) is 1.01. The third kappa shape index (κ3) is 2.65. The van der Waals surface area contributed by atoms with Crippen LogP contribution in [-0.2, 0) is 4.79 Å². The highest BCUT2D eigenvalue weighted by Gasteiger charge is 2.50. The molecule has 1 amide bonds. The maximum atomic E-state index is 12.6. The van der Waals surface area contributed by atoms with E-state index in [4.69, 9.17) is 0 Å². The third-order valence-electron chi connectivity index (χ3n) is 5.89. The second-order valence-corrected chi connectivity index (χ2v) is 7.34. The van der Waals surface area contributed by atoms with Gasteiger partial charge < -0.3 is 5.32 Å². The van der Waals surface area contributed by atoms with Gasteiger partial charge in [-0.05, 0) is 67.9 Å². The van der Waals surface area contributed by atoms with Gasteiger partial charge in [0.05, 0.1) is 6.54 Å². The lowest BCUT2D eigenvalue weighted by molar-refractivity contribution is -0.137. The van der Waals surface area contributed by atoms with E-state index in [1.165, 1.54) is 32.1 Å². The molecular formula is C20H23NO. The Morgan fingerprint density at radius 1 is 1.00 bits per heavy atom. The number of hydrogen-bond donors (Lipinski definition) is 1. The monoisotopic (exact) mass is 293 g/mol. The van der Waals surface area contributed by atoms with Crippen molar-refractivity contribution in [3.05, 3.63) is 35.9 Å². The van der Waals surface area contributed by atoms with Gasteiger partial charge in [0.15, 0.2) is 0 Å². The summed E-state index contributed by atoms with van der Waals surface area (Å²) in [7, 11) is 0. The van der Waals surface area contributed by atoms with Crippen LogP contribution in [0, 0.1) is 41.4 Å². The van der Waals surface area contributed by atoms with Gasteiger partial charge in [-0.15, -0.1) is 0 Å². The highest BCUT2D eigenvalue weighted by Crippen LogP contribution is 2.56. The van der Waals surface area contributed by atoms with Crippen LogP contribution in [0.3, 0.4) is 0 Å². The van der Waals surface area contributed by atoms with Crippen molar-refractivity contribution < 1.29 is 4.79 Å². The molecule has 0 unspecified atom stereocenters. The van der Waals surface area contributed by atoms with E-state index in [2.05, 4.69) is 17.2 Å². The number of carbonyl (C=O) groups excluding carboxylic acids is 1. The molecule has 4 saturated carbocycles. The molecule has 1 N–H and O–H groups in total. The molecule has 0 spiro atoms. The molecular weight excluding hydrogens is 270 g/mol. The van der Waals surface area contributed by atoms with Gasteiger partial charge in [0, 0.05) is 11.5 Å². The molecule has 4 fully saturated rings. The van der Waals surface area contributed by atoms with Gasteiger partial charge in [-0.25, -0.2) is 0 Å². The smallest absolute Gasteiger partial charge is 0.224 e. The van der Waals surface area contributed by atoms with E-state index in [0.29, 0.717) is 18.4 Å². The molecule has 1 aromatic rings. The molecule has 22 heavy (non-hydrogen) atoms. The van der Waals surface area contributed by atoms with Crippen LogP contribution in [0.4, 0.5) is 0 Å². The van der Waals surface area contributed by atoms with Crippen LogP contribution in [-0.4, -0.2) is 12.5 Å². The van der Waals surface area contributed by atoms with Crippen molar-refractivity contribution >= 4 is 5.91 Å². The van der Waals surface area contributed by atoms with E-state index in [1.54, 1.807) is 0 Å². The second-order valence-electron chi connectivity index (χ2n) is 7.34. The van der Waals surface area contributed by atoms with Gasteiger partial charge in [-0.1, -0.05) is 30.0 Å². The Morgan fingerprint density at radius 3 is 2.27 bits per heavy atom. The van der Waals surface area contributed by atoms with Crippen LogP contribution in [0.5, 0.6) is 0 Å². The lowest BCUT2D eigenvalue weighted by Crippen LogP contribution is -2.51. The van der Waals surface area contributed by atoms with Crippen molar-refractivity contribution in [1.29, 1.82) is 0 Å². The lowest BCUT2D eigenvalue weighted by Gasteiger charge is -2.53. The van der Waals surface area contributed by atoms with Gasteiger partial charge in [-0.3, -0.25) is 4.79 Å². The number of carbonyl (C=O) groups is 1. The van der Waals surface area contributed by atoms with Gasteiger partial charge in [0.2, 0.25) is 5.91 Å². The van der Waals surface area contributed by atoms with Crippen molar-refractivity contribution in [3.63, 3.8) is 0 Å². The van der Waals surface area contributed by atoms with E-state index in [1.807, 2.05) is 30.3 Å². The van der Waals surface area contributed by atoms with Crippen LogP contribution in [0.1, 0.15) is 37.7 Å². The van der Waals surface area contributed by atoms with Crippen LogP contribution in [0.15, 0.2) is 30.3 Å². The van der Waals surface area contributed by atoms with E-state index in [9.17, 15) is 4.79 Å². The van der Waals surface area contributed by atoms with E-state index in [-0.39, 0.29) is 11.8 Å². The second kappa shape index (κ2) is 5.80. The minimum absolute atomic E-state index is 0.260. The first kappa shape index (κ1) is 13.9. The Kier molecular flexibility index (Phi) is 3.66. The Bertz CT molecular complexity index is 582. The fourth-order valence-corrected chi connectivity index (χ4v) is 5.27. The third-order valence-corrected chi connectivity index (χ3v) is 5.89. The maximum Gasteiger partial charge on any atom is 0.224 e. The van der Waals surface area contributed by atoms with Crippen molar-refractivity contribution in [2.75, 3.05) is 6.54 Å². The first-order valence-corrected chi connectivity index (χ1v) is 8.61. The first-order chi connectivity index (χ1) is 10.8. The predicted octanol–water partition coefficient (Wildman–Crippen LogP) is 3.23. The zero-order valence-electron chi connectivity index (χ0n) is 12.9. The largest absolute Gasteiger partial charge is 0.345 e.